The normalized spacial score (nSPS) is 17.8. The molecule has 102 valence electrons. The van der Waals surface area contributed by atoms with Gasteiger partial charge in [0.2, 0.25) is 0 Å². The van der Waals surface area contributed by atoms with Gasteiger partial charge in [0.25, 0.3) is 0 Å². The van der Waals surface area contributed by atoms with Crippen LogP contribution in [0.4, 0.5) is 0 Å². The minimum absolute atomic E-state index is 0.953. The fourth-order valence-corrected chi connectivity index (χ4v) is 2.80. The lowest BCUT2D eigenvalue weighted by molar-refractivity contribution is 0.202. The van der Waals surface area contributed by atoms with Crippen molar-refractivity contribution in [2.45, 2.75) is 58.8 Å². The average molecular weight is 240 g/mol. The molecular formula is C15H32N2. The Kier molecular flexibility index (Phi) is 8.72. The van der Waals surface area contributed by atoms with Crippen molar-refractivity contribution >= 4 is 0 Å². The number of nitrogens with one attached hydrogen (secondary N) is 1. The molecule has 0 aromatic heterocycles. The van der Waals surface area contributed by atoms with Crippen molar-refractivity contribution in [3.8, 4) is 0 Å². The van der Waals surface area contributed by atoms with Gasteiger partial charge in [-0.05, 0) is 57.8 Å². The van der Waals surface area contributed by atoms with Crippen molar-refractivity contribution < 1.29 is 0 Å². The highest BCUT2D eigenvalue weighted by molar-refractivity contribution is 4.72. The first kappa shape index (κ1) is 15.0. The van der Waals surface area contributed by atoms with Gasteiger partial charge in [0.05, 0.1) is 0 Å². The van der Waals surface area contributed by atoms with Gasteiger partial charge >= 0.3 is 0 Å². The van der Waals surface area contributed by atoms with Gasteiger partial charge in [0, 0.05) is 6.54 Å². The van der Waals surface area contributed by atoms with E-state index in [-0.39, 0.29) is 0 Å². The van der Waals surface area contributed by atoms with Gasteiger partial charge in [-0.2, -0.15) is 0 Å². The van der Waals surface area contributed by atoms with E-state index >= 15 is 0 Å². The lowest BCUT2D eigenvalue weighted by atomic mass is 9.97. The quantitative estimate of drug-likeness (QED) is 0.622. The lowest BCUT2D eigenvalue weighted by Gasteiger charge is -2.30. The van der Waals surface area contributed by atoms with Crippen molar-refractivity contribution in [2.75, 3.05) is 32.7 Å². The zero-order chi connectivity index (χ0) is 12.3. The molecule has 0 aliphatic carbocycles. The highest BCUT2D eigenvalue weighted by Gasteiger charge is 2.16. The molecule has 2 heteroatoms. The zero-order valence-corrected chi connectivity index (χ0v) is 12.0. The van der Waals surface area contributed by atoms with Crippen LogP contribution in [0.5, 0.6) is 0 Å². The van der Waals surface area contributed by atoms with E-state index in [0.717, 1.165) is 5.92 Å². The summed E-state index contributed by atoms with van der Waals surface area (Å²) in [5.41, 5.74) is 0. The topological polar surface area (TPSA) is 15.3 Å². The van der Waals surface area contributed by atoms with Crippen LogP contribution in [0.15, 0.2) is 0 Å². The summed E-state index contributed by atoms with van der Waals surface area (Å²) >= 11 is 0. The first-order valence-electron chi connectivity index (χ1n) is 7.79. The Morgan fingerprint density at radius 2 is 1.71 bits per heavy atom. The second-order valence-electron chi connectivity index (χ2n) is 5.55. The maximum Gasteiger partial charge on any atom is 0.00106 e. The monoisotopic (exact) mass is 240 g/mol. The fraction of sp³-hybridized carbons (Fsp3) is 1.00. The number of piperidine rings is 1. The van der Waals surface area contributed by atoms with E-state index in [1.807, 2.05) is 0 Å². The molecule has 0 aromatic rings. The van der Waals surface area contributed by atoms with Crippen LogP contribution in [0.1, 0.15) is 58.8 Å². The number of unbranched alkanes of at least 4 members (excludes halogenated alkanes) is 3. The van der Waals surface area contributed by atoms with Gasteiger partial charge in [0.15, 0.2) is 0 Å². The van der Waals surface area contributed by atoms with Crippen LogP contribution in [0.25, 0.3) is 0 Å². The molecule has 0 spiro atoms. The van der Waals surface area contributed by atoms with Gasteiger partial charge in [-0.1, -0.05) is 33.1 Å². The number of rotatable bonds is 9. The molecule has 2 nitrogen and oxygen atoms in total. The summed E-state index contributed by atoms with van der Waals surface area (Å²) in [4.78, 5) is 2.71. The summed E-state index contributed by atoms with van der Waals surface area (Å²) in [5, 5.41) is 3.46. The molecule has 0 atom stereocenters. The maximum atomic E-state index is 3.46. The molecule has 0 saturated carbocycles. The molecule has 1 heterocycles. The van der Waals surface area contributed by atoms with E-state index in [9.17, 15) is 0 Å². The molecule has 0 bridgehead atoms. The SMILES string of the molecule is CCCCCCN(CCC)CC1CCNCC1. The molecule has 17 heavy (non-hydrogen) atoms. The Balaban J connectivity index is 2.16. The summed E-state index contributed by atoms with van der Waals surface area (Å²) in [5.74, 6) is 0.953. The highest BCUT2D eigenvalue weighted by Crippen LogP contribution is 2.14. The van der Waals surface area contributed by atoms with E-state index in [4.69, 9.17) is 0 Å². The highest BCUT2D eigenvalue weighted by atomic mass is 15.1. The first-order chi connectivity index (χ1) is 8.36. The molecule has 0 aromatic carbocycles. The molecule has 1 N–H and O–H groups in total. The molecule has 0 unspecified atom stereocenters. The van der Waals surface area contributed by atoms with Gasteiger partial charge in [0.1, 0.15) is 0 Å². The Bertz CT molecular complexity index is 164. The van der Waals surface area contributed by atoms with Crippen LogP contribution in [-0.2, 0) is 0 Å². The van der Waals surface area contributed by atoms with E-state index in [1.165, 1.54) is 77.7 Å². The summed E-state index contributed by atoms with van der Waals surface area (Å²) in [7, 11) is 0. The minimum atomic E-state index is 0.953. The number of nitrogens with zero attached hydrogens (tertiary/aromatic N) is 1. The molecule has 0 amide bonds. The summed E-state index contributed by atoms with van der Waals surface area (Å²) in [6.45, 7) is 11.1. The van der Waals surface area contributed by atoms with Crippen LogP contribution in [0.3, 0.4) is 0 Å². The second-order valence-corrected chi connectivity index (χ2v) is 5.55. The van der Waals surface area contributed by atoms with E-state index < -0.39 is 0 Å². The number of hydrogen-bond donors (Lipinski definition) is 1. The Hall–Kier alpha value is -0.0800. The summed E-state index contributed by atoms with van der Waals surface area (Å²) in [6.07, 6.45) is 9.65. The molecule has 0 radical (unpaired) electrons. The third-order valence-corrected chi connectivity index (χ3v) is 3.84. The predicted octanol–water partition coefficient (Wildman–Crippen LogP) is 3.28. The number of hydrogen-bond acceptors (Lipinski definition) is 2. The van der Waals surface area contributed by atoms with Crippen LogP contribution in [0, 0.1) is 5.92 Å². The summed E-state index contributed by atoms with van der Waals surface area (Å²) in [6, 6.07) is 0. The first-order valence-corrected chi connectivity index (χ1v) is 7.79. The Morgan fingerprint density at radius 3 is 2.35 bits per heavy atom. The molecule has 1 fully saturated rings. The third kappa shape index (κ3) is 7.05. The van der Waals surface area contributed by atoms with Gasteiger partial charge < -0.3 is 10.2 Å². The predicted molar refractivity (Wildman–Crippen MR) is 76.5 cm³/mol. The fourth-order valence-electron chi connectivity index (χ4n) is 2.80. The zero-order valence-electron chi connectivity index (χ0n) is 12.0. The average Bonchev–Trinajstić information content (AvgIpc) is 2.36. The lowest BCUT2D eigenvalue weighted by Crippen LogP contribution is -2.37. The second kappa shape index (κ2) is 9.90. The van der Waals surface area contributed by atoms with Crippen molar-refractivity contribution in [1.82, 2.24) is 10.2 Å². The van der Waals surface area contributed by atoms with Gasteiger partial charge in [-0.15, -0.1) is 0 Å². The summed E-state index contributed by atoms with van der Waals surface area (Å²) < 4.78 is 0. The molecule has 1 saturated heterocycles. The Labute approximate surface area is 108 Å². The van der Waals surface area contributed by atoms with Crippen molar-refractivity contribution in [3.05, 3.63) is 0 Å². The van der Waals surface area contributed by atoms with Crippen LogP contribution >= 0.6 is 0 Å². The van der Waals surface area contributed by atoms with Gasteiger partial charge in [-0.25, -0.2) is 0 Å². The van der Waals surface area contributed by atoms with Crippen molar-refractivity contribution in [2.24, 2.45) is 5.92 Å². The van der Waals surface area contributed by atoms with Gasteiger partial charge in [-0.3, -0.25) is 0 Å². The Morgan fingerprint density at radius 1 is 0.941 bits per heavy atom. The molecular weight excluding hydrogens is 208 g/mol. The van der Waals surface area contributed by atoms with Crippen LogP contribution in [-0.4, -0.2) is 37.6 Å². The standard InChI is InChI=1S/C15H32N2/c1-3-5-6-7-13-17(12-4-2)14-15-8-10-16-11-9-15/h15-16H,3-14H2,1-2H3. The van der Waals surface area contributed by atoms with E-state index in [1.54, 1.807) is 0 Å². The molecule has 1 aliphatic rings. The van der Waals surface area contributed by atoms with E-state index in [0.29, 0.717) is 0 Å². The maximum absolute atomic E-state index is 3.46. The smallest absolute Gasteiger partial charge is 0.00106 e. The molecule has 1 rings (SSSR count). The van der Waals surface area contributed by atoms with Crippen molar-refractivity contribution in [3.63, 3.8) is 0 Å². The third-order valence-electron chi connectivity index (χ3n) is 3.84. The van der Waals surface area contributed by atoms with Crippen LogP contribution in [0.2, 0.25) is 0 Å². The largest absolute Gasteiger partial charge is 0.317 e. The molecule has 1 aliphatic heterocycles. The van der Waals surface area contributed by atoms with Crippen LogP contribution < -0.4 is 5.32 Å². The van der Waals surface area contributed by atoms with E-state index in [2.05, 4.69) is 24.1 Å². The minimum Gasteiger partial charge on any atom is -0.317 e. The van der Waals surface area contributed by atoms with Crippen molar-refractivity contribution in [1.29, 1.82) is 0 Å².